The van der Waals surface area contributed by atoms with E-state index in [0.717, 1.165) is 18.5 Å². The van der Waals surface area contributed by atoms with Crippen LogP contribution in [0.5, 0.6) is 0 Å². The molecule has 15 heavy (non-hydrogen) atoms. The van der Waals surface area contributed by atoms with Crippen LogP contribution in [-0.2, 0) is 9.59 Å². The van der Waals surface area contributed by atoms with E-state index in [2.05, 4.69) is 0 Å². The zero-order chi connectivity index (χ0) is 11.3. The van der Waals surface area contributed by atoms with Crippen LogP contribution in [0.2, 0.25) is 0 Å². The molecule has 1 aliphatic rings. The molecular formula is C11H15NO3. The fraction of sp³-hybridized carbons (Fsp3) is 0.455. The Labute approximate surface area is 88.9 Å². The number of carboxylic acids is 1. The van der Waals surface area contributed by atoms with Crippen molar-refractivity contribution >= 4 is 11.9 Å². The molecule has 0 unspecified atom stereocenters. The number of amides is 1. The van der Waals surface area contributed by atoms with E-state index in [1.54, 1.807) is 6.08 Å². The first-order chi connectivity index (χ1) is 7.15. The normalized spacial score (nSPS) is 16.2. The van der Waals surface area contributed by atoms with Gasteiger partial charge >= 0.3 is 5.97 Å². The zero-order valence-corrected chi connectivity index (χ0v) is 8.77. The topological polar surface area (TPSA) is 57.6 Å². The van der Waals surface area contributed by atoms with Crippen molar-refractivity contribution in [2.45, 2.75) is 26.2 Å². The highest BCUT2D eigenvalue weighted by Gasteiger charge is 2.20. The zero-order valence-electron chi connectivity index (χ0n) is 8.77. The number of nitrogens with zero attached hydrogens (tertiary/aromatic N) is 1. The third-order valence-corrected chi connectivity index (χ3v) is 2.16. The molecule has 0 aromatic carbocycles. The molecule has 1 amide bonds. The first kappa shape index (κ1) is 11.5. The molecular weight excluding hydrogens is 194 g/mol. The van der Waals surface area contributed by atoms with Crippen molar-refractivity contribution in [2.24, 2.45) is 0 Å². The van der Waals surface area contributed by atoms with E-state index in [4.69, 9.17) is 5.11 Å². The third kappa shape index (κ3) is 3.23. The Balaban J connectivity index is 2.84. The molecule has 0 aromatic heterocycles. The summed E-state index contributed by atoms with van der Waals surface area (Å²) in [6.07, 6.45) is 7.27. The number of aliphatic carboxylic acids is 1. The summed E-state index contributed by atoms with van der Waals surface area (Å²) in [5.41, 5.74) is 0.790. The first-order valence-electron chi connectivity index (χ1n) is 5.03. The second-order valence-electron chi connectivity index (χ2n) is 3.41. The summed E-state index contributed by atoms with van der Waals surface area (Å²) in [6, 6.07) is 0. The first-order valence-corrected chi connectivity index (χ1v) is 5.03. The highest BCUT2D eigenvalue weighted by molar-refractivity contribution is 5.84. The Morgan fingerprint density at radius 2 is 2.33 bits per heavy atom. The fourth-order valence-corrected chi connectivity index (χ4v) is 1.51. The molecule has 1 N–H and O–H groups in total. The van der Waals surface area contributed by atoms with Gasteiger partial charge in [-0.15, -0.1) is 0 Å². The average molecular weight is 209 g/mol. The minimum atomic E-state index is -0.979. The molecule has 0 saturated carbocycles. The molecule has 4 nitrogen and oxygen atoms in total. The van der Waals surface area contributed by atoms with Crippen LogP contribution in [0.3, 0.4) is 0 Å². The van der Waals surface area contributed by atoms with Crippen molar-refractivity contribution in [1.29, 1.82) is 0 Å². The Morgan fingerprint density at radius 1 is 1.60 bits per heavy atom. The van der Waals surface area contributed by atoms with Gasteiger partial charge in [-0.1, -0.05) is 25.5 Å². The van der Waals surface area contributed by atoms with Crippen molar-refractivity contribution in [2.75, 3.05) is 6.54 Å². The summed E-state index contributed by atoms with van der Waals surface area (Å²) in [5, 5.41) is 8.72. The maximum atomic E-state index is 11.6. The summed E-state index contributed by atoms with van der Waals surface area (Å²) in [7, 11) is 0. The molecule has 0 spiro atoms. The van der Waals surface area contributed by atoms with E-state index in [1.165, 1.54) is 4.90 Å². The molecule has 82 valence electrons. The van der Waals surface area contributed by atoms with Crippen LogP contribution >= 0.6 is 0 Å². The standard InChI is InChI=1S/C11H15NO3/c1-2-5-9-6-3-4-7-10(13)12(9)8-11(14)15/h3-4,6H,2,5,7-8H2,1H3,(H,14,15). The lowest BCUT2D eigenvalue weighted by Crippen LogP contribution is -2.34. The van der Waals surface area contributed by atoms with Crippen molar-refractivity contribution < 1.29 is 14.7 Å². The lowest BCUT2D eigenvalue weighted by molar-refractivity contribution is -0.142. The van der Waals surface area contributed by atoms with Crippen LogP contribution in [0.25, 0.3) is 0 Å². The van der Waals surface area contributed by atoms with Crippen molar-refractivity contribution in [3.8, 4) is 0 Å². The van der Waals surface area contributed by atoms with Gasteiger partial charge in [0.25, 0.3) is 0 Å². The molecule has 4 heteroatoms. The summed E-state index contributed by atoms with van der Waals surface area (Å²) < 4.78 is 0. The Bertz CT molecular complexity index is 318. The molecule has 0 saturated heterocycles. The molecule has 0 fully saturated rings. The second kappa shape index (κ2) is 5.34. The smallest absolute Gasteiger partial charge is 0.323 e. The van der Waals surface area contributed by atoms with E-state index in [0.29, 0.717) is 0 Å². The SMILES string of the molecule is CCCC1=CC=CCC(=O)N1CC(=O)O. The number of hydrogen-bond donors (Lipinski definition) is 1. The van der Waals surface area contributed by atoms with Gasteiger partial charge in [-0.05, 0) is 12.5 Å². The van der Waals surface area contributed by atoms with Gasteiger partial charge in [0.2, 0.25) is 5.91 Å². The van der Waals surface area contributed by atoms with Crippen LogP contribution in [0.4, 0.5) is 0 Å². The van der Waals surface area contributed by atoms with Crippen molar-refractivity contribution in [3.63, 3.8) is 0 Å². The monoisotopic (exact) mass is 209 g/mol. The van der Waals surface area contributed by atoms with Gasteiger partial charge in [0.1, 0.15) is 6.54 Å². The molecule has 1 aliphatic heterocycles. The van der Waals surface area contributed by atoms with Gasteiger partial charge in [-0.3, -0.25) is 9.59 Å². The van der Waals surface area contributed by atoms with Crippen LogP contribution in [0.1, 0.15) is 26.2 Å². The van der Waals surface area contributed by atoms with Crippen LogP contribution in [0.15, 0.2) is 23.9 Å². The number of carbonyl (C=O) groups excluding carboxylic acids is 1. The van der Waals surface area contributed by atoms with E-state index < -0.39 is 5.97 Å². The van der Waals surface area contributed by atoms with Gasteiger partial charge in [-0.25, -0.2) is 0 Å². The summed E-state index contributed by atoms with van der Waals surface area (Å²) in [6.45, 7) is 1.76. The van der Waals surface area contributed by atoms with E-state index >= 15 is 0 Å². The highest BCUT2D eigenvalue weighted by Crippen LogP contribution is 2.16. The second-order valence-corrected chi connectivity index (χ2v) is 3.41. The quantitative estimate of drug-likeness (QED) is 0.764. The Kier molecular flexibility index (Phi) is 4.09. The largest absolute Gasteiger partial charge is 0.480 e. The van der Waals surface area contributed by atoms with E-state index in [9.17, 15) is 9.59 Å². The molecule has 0 atom stereocenters. The number of rotatable bonds is 4. The molecule has 0 aromatic rings. The number of carboxylic acid groups (broad SMARTS) is 1. The van der Waals surface area contributed by atoms with Gasteiger partial charge in [0, 0.05) is 12.1 Å². The summed E-state index contributed by atoms with van der Waals surface area (Å²) >= 11 is 0. The Morgan fingerprint density at radius 3 is 2.93 bits per heavy atom. The highest BCUT2D eigenvalue weighted by atomic mass is 16.4. The molecule has 1 rings (SSSR count). The van der Waals surface area contributed by atoms with Gasteiger partial charge in [0.15, 0.2) is 0 Å². The third-order valence-electron chi connectivity index (χ3n) is 2.16. The Hall–Kier alpha value is -1.58. The maximum absolute atomic E-state index is 11.6. The predicted molar refractivity (Wildman–Crippen MR) is 56.1 cm³/mol. The molecule has 0 bridgehead atoms. The fourth-order valence-electron chi connectivity index (χ4n) is 1.51. The average Bonchev–Trinajstić information content (AvgIpc) is 2.32. The summed E-state index contributed by atoms with van der Waals surface area (Å²) in [4.78, 5) is 23.6. The lowest BCUT2D eigenvalue weighted by Gasteiger charge is -2.22. The van der Waals surface area contributed by atoms with Gasteiger partial charge < -0.3 is 10.0 Å². The van der Waals surface area contributed by atoms with Gasteiger partial charge in [-0.2, -0.15) is 0 Å². The van der Waals surface area contributed by atoms with Crippen molar-refractivity contribution in [1.82, 2.24) is 4.90 Å². The number of carbonyl (C=O) groups is 2. The minimum absolute atomic E-state index is 0.147. The van der Waals surface area contributed by atoms with Crippen LogP contribution in [-0.4, -0.2) is 28.4 Å². The van der Waals surface area contributed by atoms with E-state index in [1.807, 2.05) is 19.1 Å². The molecule has 0 aliphatic carbocycles. The van der Waals surface area contributed by atoms with Crippen molar-refractivity contribution in [3.05, 3.63) is 23.9 Å². The lowest BCUT2D eigenvalue weighted by atomic mass is 10.2. The van der Waals surface area contributed by atoms with Gasteiger partial charge in [0.05, 0.1) is 0 Å². The number of hydrogen-bond acceptors (Lipinski definition) is 2. The molecule has 1 heterocycles. The minimum Gasteiger partial charge on any atom is -0.480 e. The summed E-state index contributed by atoms with van der Waals surface area (Å²) in [5.74, 6) is -1.13. The van der Waals surface area contributed by atoms with E-state index in [-0.39, 0.29) is 18.9 Å². The maximum Gasteiger partial charge on any atom is 0.323 e. The van der Waals surface area contributed by atoms with Crippen LogP contribution < -0.4 is 0 Å². The predicted octanol–water partition coefficient (Wildman–Crippen LogP) is 1.54. The van der Waals surface area contributed by atoms with Crippen LogP contribution in [0, 0.1) is 0 Å². The number of allylic oxidation sites excluding steroid dienone is 3. The molecule has 0 radical (unpaired) electrons.